The van der Waals surface area contributed by atoms with Gasteiger partial charge in [-0.3, -0.25) is 5.32 Å². The first-order valence-corrected chi connectivity index (χ1v) is 6.93. The molecule has 2 N–H and O–H groups in total. The Bertz CT molecular complexity index is 504. The Morgan fingerprint density at radius 1 is 1.53 bits per heavy atom. The van der Waals surface area contributed by atoms with Crippen molar-refractivity contribution in [3.05, 3.63) is 5.01 Å². The molecule has 0 spiro atoms. The largest absolute Gasteiger partial charge is 0.480 e. The van der Waals surface area contributed by atoms with E-state index < -0.39 is 17.5 Å². The number of urea groups is 1. The highest BCUT2D eigenvalue weighted by molar-refractivity contribution is 7.15. The van der Waals surface area contributed by atoms with E-state index in [-0.39, 0.29) is 0 Å². The number of nitrogens with zero attached hydrogens (tertiary/aromatic N) is 3. The van der Waals surface area contributed by atoms with E-state index in [0.717, 1.165) is 11.4 Å². The fourth-order valence-electron chi connectivity index (χ4n) is 2.12. The number of hydrogen-bond acceptors (Lipinski definition) is 5. The summed E-state index contributed by atoms with van der Waals surface area (Å²) < 4.78 is 0. The minimum Gasteiger partial charge on any atom is -0.480 e. The zero-order valence-corrected chi connectivity index (χ0v) is 11.7. The Kier molecular flexibility index (Phi) is 3.70. The van der Waals surface area contributed by atoms with Gasteiger partial charge in [-0.25, -0.2) is 9.59 Å². The molecular formula is C11H16N4O3S. The summed E-state index contributed by atoms with van der Waals surface area (Å²) in [4.78, 5) is 24.8. The third kappa shape index (κ3) is 2.53. The maximum Gasteiger partial charge on any atom is 0.329 e. The highest BCUT2D eigenvalue weighted by Gasteiger charge is 2.46. The molecule has 1 aliphatic rings. The number of carboxylic acid groups (broad SMARTS) is 1. The van der Waals surface area contributed by atoms with Gasteiger partial charge in [0, 0.05) is 6.54 Å². The summed E-state index contributed by atoms with van der Waals surface area (Å²) in [5.41, 5.74) is -1.14. The van der Waals surface area contributed by atoms with Crippen molar-refractivity contribution in [2.45, 2.75) is 38.6 Å². The summed E-state index contributed by atoms with van der Waals surface area (Å²) in [6.07, 6.45) is 1.91. The van der Waals surface area contributed by atoms with Gasteiger partial charge in [-0.05, 0) is 26.2 Å². The van der Waals surface area contributed by atoms with Crippen molar-refractivity contribution in [1.29, 1.82) is 0 Å². The zero-order valence-electron chi connectivity index (χ0n) is 10.8. The van der Waals surface area contributed by atoms with Gasteiger partial charge in [-0.1, -0.05) is 18.3 Å². The summed E-state index contributed by atoms with van der Waals surface area (Å²) in [5.74, 6) is -0.980. The van der Waals surface area contributed by atoms with Crippen LogP contribution in [0.2, 0.25) is 0 Å². The van der Waals surface area contributed by atoms with Crippen LogP contribution >= 0.6 is 11.3 Å². The van der Waals surface area contributed by atoms with Gasteiger partial charge in [0.05, 0.1) is 0 Å². The first kappa shape index (κ1) is 13.7. The van der Waals surface area contributed by atoms with Gasteiger partial charge >= 0.3 is 12.0 Å². The molecule has 1 aromatic rings. The molecule has 0 saturated carbocycles. The van der Waals surface area contributed by atoms with Crippen LogP contribution in [0.1, 0.15) is 31.7 Å². The number of rotatable bonds is 3. The van der Waals surface area contributed by atoms with E-state index in [9.17, 15) is 14.7 Å². The summed E-state index contributed by atoms with van der Waals surface area (Å²) in [6, 6.07) is -0.429. The fraction of sp³-hybridized carbons (Fsp3) is 0.636. The van der Waals surface area contributed by atoms with E-state index in [0.29, 0.717) is 24.5 Å². The van der Waals surface area contributed by atoms with Gasteiger partial charge in [0.25, 0.3) is 0 Å². The number of nitrogens with one attached hydrogen (secondary N) is 1. The van der Waals surface area contributed by atoms with Gasteiger partial charge in [0.15, 0.2) is 0 Å². The second-order valence-electron chi connectivity index (χ2n) is 4.62. The number of amides is 2. The summed E-state index contributed by atoms with van der Waals surface area (Å²) in [6.45, 7) is 3.96. The van der Waals surface area contributed by atoms with E-state index in [1.807, 2.05) is 6.92 Å². The summed E-state index contributed by atoms with van der Waals surface area (Å²) in [5, 5.41) is 20.9. The quantitative estimate of drug-likeness (QED) is 0.878. The van der Waals surface area contributed by atoms with Crippen molar-refractivity contribution < 1.29 is 14.7 Å². The van der Waals surface area contributed by atoms with Gasteiger partial charge in [-0.15, -0.1) is 10.2 Å². The molecule has 0 aliphatic carbocycles. The van der Waals surface area contributed by atoms with Gasteiger partial charge in [0.2, 0.25) is 5.13 Å². The summed E-state index contributed by atoms with van der Waals surface area (Å²) in [7, 11) is 0. The number of hydrogen-bond donors (Lipinski definition) is 2. The molecule has 0 radical (unpaired) electrons. The molecule has 1 unspecified atom stereocenters. The number of aliphatic carboxylic acids is 1. The van der Waals surface area contributed by atoms with Crippen LogP contribution in [0.4, 0.5) is 9.93 Å². The van der Waals surface area contributed by atoms with Crippen LogP contribution < -0.4 is 5.32 Å². The number of aryl methyl sites for hydroxylation is 1. The highest BCUT2D eigenvalue weighted by atomic mass is 32.1. The molecule has 7 nitrogen and oxygen atoms in total. The van der Waals surface area contributed by atoms with Crippen LogP contribution in [0.15, 0.2) is 0 Å². The van der Waals surface area contributed by atoms with Gasteiger partial charge in [0.1, 0.15) is 10.5 Å². The smallest absolute Gasteiger partial charge is 0.329 e. The Hall–Kier alpha value is -1.70. The molecule has 0 bridgehead atoms. The van der Waals surface area contributed by atoms with E-state index in [1.54, 1.807) is 6.92 Å². The Labute approximate surface area is 114 Å². The predicted octanol–water partition coefficient (Wildman–Crippen LogP) is 1.57. The van der Waals surface area contributed by atoms with Gasteiger partial charge in [-0.2, -0.15) is 0 Å². The fourth-order valence-corrected chi connectivity index (χ4v) is 2.79. The number of carboxylic acids is 1. The lowest BCUT2D eigenvalue weighted by atomic mass is 10.00. The number of aromatic nitrogens is 2. The lowest BCUT2D eigenvalue weighted by Crippen LogP contribution is -2.52. The second-order valence-corrected chi connectivity index (χ2v) is 5.68. The van der Waals surface area contributed by atoms with Crippen LogP contribution in [-0.2, 0) is 11.2 Å². The van der Waals surface area contributed by atoms with Crippen molar-refractivity contribution in [3.63, 3.8) is 0 Å². The molecule has 2 heterocycles. The lowest BCUT2D eigenvalue weighted by molar-refractivity contribution is -0.146. The predicted molar refractivity (Wildman–Crippen MR) is 70.3 cm³/mol. The maximum atomic E-state index is 12.1. The van der Waals surface area contributed by atoms with Crippen molar-refractivity contribution in [3.8, 4) is 0 Å². The minimum absolute atomic E-state index is 0.404. The molecule has 1 aliphatic heterocycles. The standard InChI is InChI=1S/C11H16N4O3S/c1-3-7-13-14-9(19-7)12-10(18)15-6-4-5-11(15,2)8(16)17/h3-6H2,1-2H3,(H,16,17)(H,12,14,18). The van der Waals surface area contributed by atoms with Crippen LogP contribution in [0.5, 0.6) is 0 Å². The molecule has 1 atom stereocenters. The second kappa shape index (κ2) is 5.12. The molecule has 0 aromatic carbocycles. The maximum absolute atomic E-state index is 12.1. The number of likely N-dealkylation sites (tertiary alicyclic amines) is 1. The molecule has 1 aromatic heterocycles. The summed E-state index contributed by atoms with van der Waals surface area (Å²) >= 11 is 1.30. The highest BCUT2D eigenvalue weighted by Crippen LogP contribution is 2.30. The average molecular weight is 284 g/mol. The molecule has 1 saturated heterocycles. The molecule has 1 fully saturated rings. The van der Waals surface area contributed by atoms with Crippen LogP contribution in [0.3, 0.4) is 0 Å². The minimum atomic E-state index is -1.14. The molecule has 19 heavy (non-hydrogen) atoms. The molecule has 104 valence electrons. The van der Waals surface area contributed by atoms with Crippen LogP contribution in [0, 0.1) is 0 Å². The molecule has 2 rings (SSSR count). The number of anilines is 1. The van der Waals surface area contributed by atoms with Crippen LogP contribution in [0.25, 0.3) is 0 Å². The van der Waals surface area contributed by atoms with Crippen LogP contribution in [-0.4, -0.2) is 44.3 Å². The van der Waals surface area contributed by atoms with E-state index in [1.165, 1.54) is 16.2 Å². The van der Waals surface area contributed by atoms with Crippen molar-refractivity contribution in [2.24, 2.45) is 0 Å². The van der Waals surface area contributed by atoms with Gasteiger partial charge < -0.3 is 10.0 Å². The van der Waals surface area contributed by atoms with Crippen molar-refractivity contribution in [1.82, 2.24) is 15.1 Å². The first-order chi connectivity index (χ1) is 8.97. The number of carbonyl (C=O) groups excluding carboxylic acids is 1. The third-order valence-corrected chi connectivity index (χ3v) is 4.31. The topological polar surface area (TPSA) is 95.4 Å². The third-order valence-electron chi connectivity index (χ3n) is 3.33. The van der Waals surface area contributed by atoms with Crippen molar-refractivity contribution >= 4 is 28.5 Å². The molecule has 2 amide bonds. The SMILES string of the molecule is CCc1nnc(NC(=O)N2CCCC2(C)C(=O)O)s1. The normalized spacial score (nSPS) is 22.5. The molecule has 8 heteroatoms. The van der Waals surface area contributed by atoms with E-state index >= 15 is 0 Å². The zero-order chi connectivity index (χ0) is 14.0. The molecular weight excluding hydrogens is 268 g/mol. The Morgan fingerprint density at radius 3 is 2.84 bits per heavy atom. The average Bonchev–Trinajstić information content (AvgIpc) is 2.96. The first-order valence-electron chi connectivity index (χ1n) is 6.11. The van der Waals surface area contributed by atoms with E-state index in [4.69, 9.17) is 0 Å². The monoisotopic (exact) mass is 284 g/mol. The Balaban J connectivity index is 2.09. The number of carbonyl (C=O) groups is 2. The van der Waals surface area contributed by atoms with E-state index in [2.05, 4.69) is 15.5 Å². The van der Waals surface area contributed by atoms with Crippen molar-refractivity contribution in [2.75, 3.05) is 11.9 Å². The lowest BCUT2D eigenvalue weighted by Gasteiger charge is -2.30. The Morgan fingerprint density at radius 2 is 2.26 bits per heavy atom.